The summed E-state index contributed by atoms with van der Waals surface area (Å²) in [5.41, 5.74) is 4.13. The number of pyridine rings is 1. The summed E-state index contributed by atoms with van der Waals surface area (Å²) in [7, 11) is 0. The number of hydrogen-bond acceptors (Lipinski definition) is 2. The van der Waals surface area contributed by atoms with Gasteiger partial charge in [0.05, 0.1) is 5.69 Å². The van der Waals surface area contributed by atoms with E-state index in [1.54, 1.807) is 18.2 Å². The van der Waals surface area contributed by atoms with Gasteiger partial charge in [-0.2, -0.15) is 0 Å². The Morgan fingerprint density at radius 3 is 2.67 bits per heavy atom. The first-order valence-electron chi connectivity index (χ1n) is 8.32. The van der Waals surface area contributed by atoms with Crippen LogP contribution in [-0.2, 0) is 0 Å². The Balaban J connectivity index is 1.61. The second kappa shape index (κ2) is 6.64. The number of aromatic nitrogens is 2. The van der Waals surface area contributed by atoms with Gasteiger partial charge in [0.25, 0.3) is 5.91 Å². The molecule has 0 unspecified atom stereocenters. The first kappa shape index (κ1) is 16.9. The van der Waals surface area contributed by atoms with Gasteiger partial charge in [-0.15, -0.1) is 0 Å². The van der Waals surface area contributed by atoms with Crippen LogP contribution in [0.1, 0.15) is 15.9 Å². The molecule has 1 amide bonds. The minimum absolute atomic E-state index is 0.0440. The molecule has 4 nitrogen and oxygen atoms in total. The molecule has 4 aromatic rings. The van der Waals surface area contributed by atoms with Crippen molar-refractivity contribution in [3.63, 3.8) is 0 Å². The Kier molecular flexibility index (Phi) is 4.16. The summed E-state index contributed by atoms with van der Waals surface area (Å²) in [6.07, 6.45) is 3.90. The molecule has 27 heavy (non-hydrogen) atoms. The van der Waals surface area contributed by atoms with Crippen LogP contribution in [0.2, 0.25) is 0 Å². The van der Waals surface area contributed by atoms with Gasteiger partial charge in [0.1, 0.15) is 5.65 Å². The van der Waals surface area contributed by atoms with Crippen LogP contribution in [0.3, 0.4) is 0 Å². The third-order valence-corrected chi connectivity index (χ3v) is 4.20. The number of amides is 1. The van der Waals surface area contributed by atoms with Crippen molar-refractivity contribution in [2.75, 3.05) is 5.32 Å². The van der Waals surface area contributed by atoms with E-state index < -0.39 is 17.5 Å². The smallest absolute Gasteiger partial charge is 0.255 e. The Labute approximate surface area is 154 Å². The van der Waals surface area contributed by atoms with E-state index in [9.17, 15) is 13.6 Å². The van der Waals surface area contributed by atoms with Crippen LogP contribution in [0, 0.1) is 18.6 Å². The van der Waals surface area contributed by atoms with Crippen molar-refractivity contribution < 1.29 is 13.6 Å². The molecule has 1 N–H and O–H groups in total. The summed E-state index contributed by atoms with van der Waals surface area (Å²) in [6, 6.07) is 14.2. The highest BCUT2D eigenvalue weighted by atomic mass is 19.2. The fraction of sp³-hybridized carbons (Fsp3) is 0.0476. The van der Waals surface area contributed by atoms with Crippen molar-refractivity contribution in [2.24, 2.45) is 0 Å². The molecular weight excluding hydrogens is 348 g/mol. The highest BCUT2D eigenvalue weighted by molar-refractivity contribution is 6.04. The zero-order valence-corrected chi connectivity index (χ0v) is 14.4. The third kappa shape index (κ3) is 3.42. The minimum Gasteiger partial charge on any atom is -0.322 e. The topological polar surface area (TPSA) is 46.4 Å². The number of anilines is 1. The number of halogens is 2. The first-order chi connectivity index (χ1) is 13.0. The average Bonchev–Trinajstić information content (AvgIpc) is 3.07. The normalized spacial score (nSPS) is 10.9. The van der Waals surface area contributed by atoms with Gasteiger partial charge in [-0.3, -0.25) is 4.79 Å². The minimum atomic E-state index is -1.06. The second-order valence-electron chi connectivity index (χ2n) is 6.26. The van der Waals surface area contributed by atoms with Crippen LogP contribution in [0.4, 0.5) is 14.5 Å². The average molecular weight is 363 g/mol. The molecule has 0 spiro atoms. The quantitative estimate of drug-likeness (QED) is 0.566. The molecular formula is C21H15F2N3O. The molecule has 0 saturated heterocycles. The van der Waals surface area contributed by atoms with Gasteiger partial charge in [-0.05, 0) is 48.9 Å². The number of carbonyl (C=O) groups is 1. The number of fused-ring (bicyclic) bond motifs is 1. The third-order valence-electron chi connectivity index (χ3n) is 4.20. The summed E-state index contributed by atoms with van der Waals surface area (Å²) < 4.78 is 28.3. The standard InChI is InChI=1S/C21H15F2N3O/c1-13-5-8-20-25-19(12-26(20)11-13)14-3-2-4-16(9-14)24-21(27)15-6-7-17(22)18(23)10-15/h2-12H,1H3,(H,24,27). The second-order valence-corrected chi connectivity index (χ2v) is 6.26. The molecule has 4 rings (SSSR count). The SMILES string of the molecule is Cc1ccc2nc(-c3cccc(NC(=O)c4ccc(F)c(F)c4)c3)cn2c1. The van der Waals surface area contributed by atoms with Gasteiger partial charge in [0.2, 0.25) is 0 Å². The van der Waals surface area contributed by atoms with Crippen LogP contribution >= 0.6 is 0 Å². The zero-order valence-electron chi connectivity index (χ0n) is 14.4. The van der Waals surface area contributed by atoms with Gasteiger partial charge in [0, 0.05) is 29.2 Å². The lowest BCUT2D eigenvalue weighted by atomic mass is 10.1. The van der Waals surface area contributed by atoms with E-state index >= 15 is 0 Å². The maximum absolute atomic E-state index is 13.3. The number of imidazole rings is 1. The van der Waals surface area contributed by atoms with Crippen LogP contribution in [-0.4, -0.2) is 15.3 Å². The van der Waals surface area contributed by atoms with Gasteiger partial charge < -0.3 is 9.72 Å². The van der Waals surface area contributed by atoms with E-state index in [0.717, 1.165) is 34.6 Å². The number of hydrogen-bond donors (Lipinski definition) is 1. The van der Waals surface area contributed by atoms with E-state index in [2.05, 4.69) is 10.3 Å². The Morgan fingerprint density at radius 2 is 1.85 bits per heavy atom. The highest BCUT2D eigenvalue weighted by Crippen LogP contribution is 2.23. The van der Waals surface area contributed by atoms with E-state index in [1.807, 2.05) is 41.9 Å². The molecule has 0 bridgehead atoms. The van der Waals surface area contributed by atoms with Crippen molar-refractivity contribution >= 4 is 17.2 Å². The number of carbonyl (C=O) groups excluding carboxylic acids is 1. The lowest BCUT2D eigenvalue weighted by molar-refractivity contribution is 0.102. The van der Waals surface area contributed by atoms with Crippen molar-refractivity contribution in [3.8, 4) is 11.3 Å². The number of benzene rings is 2. The molecule has 0 aliphatic rings. The summed E-state index contributed by atoms with van der Waals surface area (Å²) in [5, 5.41) is 2.70. The molecule has 0 radical (unpaired) electrons. The first-order valence-corrected chi connectivity index (χ1v) is 8.32. The molecule has 2 aromatic carbocycles. The lowest BCUT2D eigenvalue weighted by Crippen LogP contribution is -2.12. The molecule has 2 aromatic heterocycles. The van der Waals surface area contributed by atoms with E-state index in [1.165, 1.54) is 6.07 Å². The monoisotopic (exact) mass is 363 g/mol. The number of aryl methyl sites for hydroxylation is 1. The number of nitrogens with zero attached hydrogens (tertiary/aromatic N) is 2. The van der Waals surface area contributed by atoms with Gasteiger partial charge in [-0.1, -0.05) is 18.2 Å². The van der Waals surface area contributed by atoms with E-state index in [0.29, 0.717) is 5.69 Å². The zero-order chi connectivity index (χ0) is 19.0. The predicted molar refractivity (Wildman–Crippen MR) is 99.7 cm³/mol. The maximum atomic E-state index is 13.3. The van der Waals surface area contributed by atoms with E-state index in [4.69, 9.17) is 0 Å². The molecule has 0 fully saturated rings. The lowest BCUT2D eigenvalue weighted by Gasteiger charge is -2.07. The summed E-state index contributed by atoms with van der Waals surface area (Å²) in [4.78, 5) is 16.9. The molecule has 6 heteroatoms. The molecule has 0 atom stereocenters. The number of nitrogens with one attached hydrogen (secondary N) is 1. The highest BCUT2D eigenvalue weighted by Gasteiger charge is 2.11. The van der Waals surface area contributed by atoms with Crippen LogP contribution in [0.15, 0.2) is 67.0 Å². The van der Waals surface area contributed by atoms with Crippen LogP contribution in [0.5, 0.6) is 0 Å². The Morgan fingerprint density at radius 1 is 1.00 bits per heavy atom. The van der Waals surface area contributed by atoms with E-state index in [-0.39, 0.29) is 5.56 Å². The van der Waals surface area contributed by atoms with Crippen molar-refractivity contribution in [2.45, 2.75) is 6.92 Å². The van der Waals surface area contributed by atoms with Gasteiger partial charge in [-0.25, -0.2) is 13.8 Å². The summed E-state index contributed by atoms with van der Waals surface area (Å²) >= 11 is 0. The van der Waals surface area contributed by atoms with Crippen molar-refractivity contribution in [1.29, 1.82) is 0 Å². The number of rotatable bonds is 3. The Hall–Kier alpha value is -3.54. The molecule has 134 valence electrons. The fourth-order valence-corrected chi connectivity index (χ4v) is 2.84. The molecule has 0 aliphatic carbocycles. The fourth-order valence-electron chi connectivity index (χ4n) is 2.84. The van der Waals surface area contributed by atoms with Crippen molar-refractivity contribution in [3.05, 3.63) is 89.8 Å². The van der Waals surface area contributed by atoms with Crippen LogP contribution in [0.25, 0.3) is 16.9 Å². The van der Waals surface area contributed by atoms with Crippen molar-refractivity contribution in [1.82, 2.24) is 9.38 Å². The largest absolute Gasteiger partial charge is 0.322 e. The molecule has 2 heterocycles. The predicted octanol–water partition coefficient (Wildman–Crippen LogP) is 4.84. The summed E-state index contributed by atoms with van der Waals surface area (Å²) in [6.45, 7) is 2.01. The summed E-state index contributed by atoms with van der Waals surface area (Å²) in [5.74, 6) is -2.57. The van der Waals surface area contributed by atoms with Gasteiger partial charge in [0.15, 0.2) is 11.6 Å². The molecule has 0 saturated carbocycles. The maximum Gasteiger partial charge on any atom is 0.255 e. The Bertz CT molecular complexity index is 1170. The molecule has 0 aliphatic heterocycles. The van der Waals surface area contributed by atoms with Gasteiger partial charge >= 0.3 is 0 Å². The van der Waals surface area contributed by atoms with Crippen LogP contribution < -0.4 is 5.32 Å².